The molecule has 0 radical (unpaired) electrons. The van der Waals surface area contributed by atoms with Crippen molar-refractivity contribution in [2.24, 2.45) is 0 Å². The number of rotatable bonds is 4. The van der Waals surface area contributed by atoms with Crippen molar-refractivity contribution in [1.82, 2.24) is 10.3 Å². The van der Waals surface area contributed by atoms with Gasteiger partial charge in [0.2, 0.25) is 0 Å². The average Bonchev–Trinajstić information content (AvgIpc) is 3.00. The zero-order valence-corrected chi connectivity index (χ0v) is 11.3. The number of aromatic nitrogens is 1. The van der Waals surface area contributed by atoms with E-state index in [0.29, 0.717) is 6.10 Å². The molecular weight excluding hydrogens is 240 g/mol. The van der Waals surface area contributed by atoms with Crippen molar-refractivity contribution in [2.45, 2.75) is 18.9 Å². The molecule has 1 aromatic heterocycles. The van der Waals surface area contributed by atoms with Gasteiger partial charge in [-0.3, -0.25) is 0 Å². The summed E-state index contributed by atoms with van der Waals surface area (Å²) in [6.45, 7) is 6.00. The molecule has 19 heavy (non-hydrogen) atoms. The third-order valence-electron chi connectivity index (χ3n) is 3.76. The summed E-state index contributed by atoms with van der Waals surface area (Å²) in [6, 6.07) is 4.23. The molecule has 0 bridgehead atoms. The molecule has 5 heteroatoms. The van der Waals surface area contributed by atoms with Crippen LogP contribution in [0.5, 0.6) is 0 Å². The molecule has 3 rings (SSSR count). The second-order valence-electron chi connectivity index (χ2n) is 5.15. The number of nitrogens with zero attached hydrogens (tertiary/aromatic N) is 2. The molecule has 2 aliphatic heterocycles. The van der Waals surface area contributed by atoms with Gasteiger partial charge >= 0.3 is 0 Å². The first-order valence-corrected chi connectivity index (χ1v) is 7.19. The molecule has 5 nitrogen and oxygen atoms in total. The molecule has 0 amide bonds. The maximum Gasteiger partial charge on any atom is 0.128 e. The number of hydrogen-bond donors (Lipinski definition) is 2. The quantitative estimate of drug-likeness (QED) is 0.850. The van der Waals surface area contributed by atoms with E-state index in [1.807, 2.05) is 6.20 Å². The van der Waals surface area contributed by atoms with Crippen molar-refractivity contribution in [3.8, 4) is 0 Å². The van der Waals surface area contributed by atoms with Gasteiger partial charge in [-0.2, -0.15) is 0 Å². The fourth-order valence-electron chi connectivity index (χ4n) is 2.66. The van der Waals surface area contributed by atoms with E-state index in [9.17, 15) is 0 Å². The van der Waals surface area contributed by atoms with Crippen LogP contribution in [-0.2, 0) is 4.74 Å². The zero-order chi connectivity index (χ0) is 12.9. The van der Waals surface area contributed by atoms with Gasteiger partial charge in [-0.15, -0.1) is 0 Å². The zero-order valence-electron chi connectivity index (χ0n) is 11.3. The van der Waals surface area contributed by atoms with Gasteiger partial charge < -0.3 is 20.3 Å². The number of piperazine rings is 1. The van der Waals surface area contributed by atoms with Crippen molar-refractivity contribution in [2.75, 3.05) is 49.5 Å². The van der Waals surface area contributed by atoms with Crippen LogP contribution in [0.2, 0.25) is 0 Å². The molecule has 1 unspecified atom stereocenters. The van der Waals surface area contributed by atoms with Crippen molar-refractivity contribution >= 4 is 11.5 Å². The van der Waals surface area contributed by atoms with Crippen LogP contribution >= 0.6 is 0 Å². The molecule has 2 N–H and O–H groups in total. The SMILES string of the molecule is c1cc(N2CCNCC2)cc(NCC2CCCO2)n1. The third kappa shape index (κ3) is 3.36. The summed E-state index contributed by atoms with van der Waals surface area (Å²) >= 11 is 0. The minimum atomic E-state index is 0.352. The van der Waals surface area contributed by atoms with E-state index in [0.717, 1.165) is 51.6 Å². The van der Waals surface area contributed by atoms with Gasteiger partial charge in [0, 0.05) is 57.3 Å². The van der Waals surface area contributed by atoms with Gasteiger partial charge in [-0.25, -0.2) is 4.98 Å². The standard InChI is InChI=1S/C14H22N4O/c1-2-13(19-9-1)11-17-14-10-12(3-4-16-14)18-7-5-15-6-8-18/h3-4,10,13,15H,1-2,5-9,11H2,(H,16,17). The van der Waals surface area contributed by atoms with Crippen molar-refractivity contribution in [3.63, 3.8) is 0 Å². The third-order valence-corrected chi connectivity index (χ3v) is 3.76. The van der Waals surface area contributed by atoms with E-state index in [4.69, 9.17) is 4.74 Å². The van der Waals surface area contributed by atoms with Crippen LogP contribution in [0.3, 0.4) is 0 Å². The Bertz CT molecular complexity index is 400. The minimum absolute atomic E-state index is 0.352. The lowest BCUT2D eigenvalue weighted by molar-refractivity contribution is 0.120. The van der Waals surface area contributed by atoms with Crippen LogP contribution in [0, 0.1) is 0 Å². The Morgan fingerprint density at radius 1 is 1.42 bits per heavy atom. The summed E-state index contributed by atoms with van der Waals surface area (Å²) in [5, 5.41) is 6.76. The maximum absolute atomic E-state index is 5.61. The summed E-state index contributed by atoms with van der Waals surface area (Å²) in [5.74, 6) is 0.950. The highest BCUT2D eigenvalue weighted by atomic mass is 16.5. The van der Waals surface area contributed by atoms with Gasteiger partial charge in [0.05, 0.1) is 6.10 Å². The molecular formula is C14H22N4O. The summed E-state index contributed by atoms with van der Waals surface area (Å²) in [6.07, 6.45) is 4.57. The smallest absolute Gasteiger partial charge is 0.128 e. The normalized spacial score (nSPS) is 23.6. The second kappa shape index (κ2) is 6.21. The Morgan fingerprint density at radius 2 is 2.32 bits per heavy atom. The highest BCUT2D eigenvalue weighted by Gasteiger charge is 2.15. The molecule has 3 heterocycles. The second-order valence-corrected chi connectivity index (χ2v) is 5.15. The van der Waals surface area contributed by atoms with E-state index >= 15 is 0 Å². The number of nitrogens with one attached hydrogen (secondary N) is 2. The van der Waals surface area contributed by atoms with Gasteiger partial charge in [-0.05, 0) is 18.9 Å². The average molecular weight is 262 g/mol. The first-order chi connectivity index (χ1) is 9.42. The number of hydrogen-bond acceptors (Lipinski definition) is 5. The lowest BCUT2D eigenvalue weighted by atomic mass is 10.2. The fourth-order valence-corrected chi connectivity index (χ4v) is 2.66. The molecule has 2 saturated heterocycles. The van der Waals surface area contributed by atoms with Crippen LogP contribution < -0.4 is 15.5 Å². The largest absolute Gasteiger partial charge is 0.376 e. The number of anilines is 2. The fraction of sp³-hybridized carbons (Fsp3) is 0.643. The Hall–Kier alpha value is -1.33. The first kappa shape index (κ1) is 12.7. The van der Waals surface area contributed by atoms with Crippen LogP contribution in [0.4, 0.5) is 11.5 Å². The predicted molar refractivity (Wildman–Crippen MR) is 76.8 cm³/mol. The molecule has 2 aliphatic rings. The van der Waals surface area contributed by atoms with Crippen LogP contribution in [0.1, 0.15) is 12.8 Å². The van der Waals surface area contributed by atoms with Gasteiger partial charge in [0.15, 0.2) is 0 Å². The van der Waals surface area contributed by atoms with Crippen molar-refractivity contribution < 1.29 is 4.74 Å². The highest BCUT2D eigenvalue weighted by molar-refractivity contribution is 5.54. The lowest BCUT2D eigenvalue weighted by Gasteiger charge is -2.29. The molecule has 0 spiro atoms. The number of ether oxygens (including phenoxy) is 1. The van der Waals surface area contributed by atoms with E-state index in [-0.39, 0.29) is 0 Å². The molecule has 1 aromatic rings. The summed E-state index contributed by atoms with van der Waals surface area (Å²) in [5.41, 5.74) is 1.26. The Kier molecular flexibility index (Phi) is 4.15. The highest BCUT2D eigenvalue weighted by Crippen LogP contribution is 2.18. The van der Waals surface area contributed by atoms with Crippen molar-refractivity contribution in [1.29, 1.82) is 0 Å². The molecule has 0 saturated carbocycles. The topological polar surface area (TPSA) is 49.4 Å². The Labute approximate surface area is 114 Å². The number of pyridine rings is 1. The molecule has 0 aliphatic carbocycles. The summed E-state index contributed by atoms with van der Waals surface area (Å²) in [7, 11) is 0. The summed E-state index contributed by atoms with van der Waals surface area (Å²) < 4.78 is 5.61. The van der Waals surface area contributed by atoms with E-state index < -0.39 is 0 Å². The van der Waals surface area contributed by atoms with E-state index in [1.165, 1.54) is 12.1 Å². The maximum atomic E-state index is 5.61. The van der Waals surface area contributed by atoms with E-state index in [2.05, 4.69) is 32.7 Å². The lowest BCUT2D eigenvalue weighted by Crippen LogP contribution is -2.43. The molecule has 1 atom stereocenters. The monoisotopic (exact) mass is 262 g/mol. The van der Waals surface area contributed by atoms with Crippen LogP contribution in [0.25, 0.3) is 0 Å². The van der Waals surface area contributed by atoms with Crippen LogP contribution in [-0.4, -0.2) is 50.4 Å². The van der Waals surface area contributed by atoms with Crippen LogP contribution in [0.15, 0.2) is 18.3 Å². The first-order valence-electron chi connectivity index (χ1n) is 7.19. The Morgan fingerprint density at radius 3 is 3.11 bits per heavy atom. The van der Waals surface area contributed by atoms with Crippen molar-refractivity contribution in [3.05, 3.63) is 18.3 Å². The summed E-state index contributed by atoms with van der Waals surface area (Å²) in [4.78, 5) is 6.78. The molecule has 0 aromatic carbocycles. The Balaban J connectivity index is 1.58. The van der Waals surface area contributed by atoms with Gasteiger partial charge in [-0.1, -0.05) is 0 Å². The predicted octanol–water partition coefficient (Wildman–Crippen LogP) is 1.08. The van der Waals surface area contributed by atoms with E-state index in [1.54, 1.807) is 0 Å². The molecule has 104 valence electrons. The van der Waals surface area contributed by atoms with Gasteiger partial charge in [0.25, 0.3) is 0 Å². The minimum Gasteiger partial charge on any atom is -0.376 e. The molecule has 2 fully saturated rings. The van der Waals surface area contributed by atoms with Gasteiger partial charge in [0.1, 0.15) is 5.82 Å².